The predicted molar refractivity (Wildman–Crippen MR) is 73.1 cm³/mol. The van der Waals surface area contributed by atoms with E-state index in [1.165, 1.54) is 24.1 Å². The van der Waals surface area contributed by atoms with Gasteiger partial charge in [0.15, 0.2) is 0 Å². The summed E-state index contributed by atoms with van der Waals surface area (Å²) in [6, 6.07) is 6.47. The van der Waals surface area contributed by atoms with Gasteiger partial charge in [0.1, 0.15) is 5.75 Å². The Balaban J connectivity index is 2.33. The maximum absolute atomic E-state index is 5.86. The smallest absolute Gasteiger partial charge is 0.121 e. The van der Waals surface area contributed by atoms with Crippen molar-refractivity contribution in [1.29, 1.82) is 0 Å². The Hall–Kier alpha value is -1.18. The molecule has 1 aromatic carbocycles. The molecule has 2 heteroatoms. The summed E-state index contributed by atoms with van der Waals surface area (Å²) in [6.07, 6.45) is 2.88. The van der Waals surface area contributed by atoms with Crippen molar-refractivity contribution in [2.24, 2.45) is 0 Å². The van der Waals surface area contributed by atoms with Crippen molar-refractivity contribution in [2.45, 2.75) is 45.1 Å². The Morgan fingerprint density at radius 3 is 2.29 bits per heavy atom. The number of ether oxygens (including phenoxy) is 1. The minimum absolute atomic E-state index is 0.164. The van der Waals surface area contributed by atoms with Crippen molar-refractivity contribution in [3.8, 4) is 5.75 Å². The topological polar surface area (TPSA) is 12.5 Å². The Morgan fingerprint density at radius 2 is 1.82 bits per heavy atom. The summed E-state index contributed by atoms with van der Waals surface area (Å²) in [5.74, 6) is 1.00. The number of hydrogen-bond acceptors (Lipinski definition) is 2. The molecule has 0 saturated heterocycles. The fourth-order valence-corrected chi connectivity index (χ4v) is 1.97. The van der Waals surface area contributed by atoms with E-state index in [4.69, 9.17) is 4.74 Å². The van der Waals surface area contributed by atoms with Crippen LogP contribution in [-0.4, -0.2) is 20.2 Å². The third-order valence-corrected chi connectivity index (χ3v) is 3.09. The second-order valence-electron chi connectivity index (χ2n) is 6.14. The van der Waals surface area contributed by atoms with Gasteiger partial charge in [0.2, 0.25) is 0 Å². The highest BCUT2D eigenvalue weighted by Gasteiger charge is 2.25. The van der Waals surface area contributed by atoms with Crippen LogP contribution in [0.2, 0.25) is 0 Å². The molecule has 0 radical (unpaired) electrons. The Morgan fingerprint density at radius 1 is 1.18 bits per heavy atom. The molecule has 0 aliphatic heterocycles. The SMILES string of the molecule is CN(C)c1cc(OC2CC2)ccc1C(C)(C)C. The third kappa shape index (κ3) is 2.93. The summed E-state index contributed by atoms with van der Waals surface area (Å²) >= 11 is 0. The van der Waals surface area contributed by atoms with Crippen LogP contribution in [0.15, 0.2) is 18.2 Å². The number of nitrogens with zero attached hydrogens (tertiary/aromatic N) is 1. The van der Waals surface area contributed by atoms with Gasteiger partial charge in [-0.25, -0.2) is 0 Å². The number of hydrogen-bond donors (Lipinski definition) is 0. The molecule has 1 saturated carbocycles. The molecule has 1 aliphatic carbocycles. The summed E-state index contributed by atoms with van der Waals surface area (Å²) < 4.78 is 5.86. The zero-order valence-corrected chi connectivity index (χ0v) is 11.6. The molecule has 0 amide bonds. The monoisotopic (exact) mass is 233 g/mol. The molecule has 1 fully saturated rings. The Labute approximate surface area is 105 Å². The third-order valence-electron chi connectivity index (χ3n) is 3.09. The lowest BCUT2D eigenvalue weighted by Crippen LogP contribution is -2.19. The van der Waals surface area contributed by atoms with Crippen molar-refractivity contribution in [3.05, 3.63) is 23.8 Å². The van der Waals surface area contributed by atoms with Gasteiger partial charge in [-0.15, -0.1) is 0 Å². The summed E-state index contributed by atoms with van der Waals surface area (Å²) in [5, 5.41) is 0. The maximum Gasteiger partial charge on any atom is 0.121 e. The van der Waals surface area contributed by atoms with Gasteiger partial charge in [-0.05, 0) is 29.9 Å². The molecule has 0 N–H and O–H groups in total. The lowest BCUT2D eigenvalue weighted by Gasteiger charge is -2.27. The second-order valence-corrected chi connectivity index (χ2v) is 6.14. The standard InChI is InChI=1S/C15H23NO/c1-15(2,3)13-9-8-12(17-11-6-7-11)10-14(13)16(4)5/h8-11H,6-7H2,1-5H3. The first-order chi connectivity index (χ1) is 7.88. The molecule has 0 atom stereocenters. The van der Waals surface area contributed by atoms with E-state index in [0.717, 1.165) is 5.75 Å². The lowest BCUT2D eigenvalue weighted by atomic mass is 9.85. The van der Waals surface area contributed by atoms with Crippen LogP contribution >= 0.6 is 0 Å². The van der Waals surface area contributed by atoms with E-state index in [2.05, 4.69) is 58.0 Å². The van der Waals surface area contributed by atoms with Gasteiger partial charge < -0.3 is 9.64 Å². The molecule has 0 aromatic heterocycles. The van der Waals surface area contributed by atoms with Crippen molar-refractivity contribution < 1.29 is 4.74 Å². The number of rotatable bonds is 3. The van der Waals surface area contributed by atoms with Crippen LogP contribution in [0.4, 0.5) is 5.69 Å². The second kappa shape index (κ2) is 4.25. The molecular formula is C15H23NO. The van der Waals surface area contributed by atoms with E-state index in [9.17, 15) is 0 Å². The lowest BCUT2D eigenvalue weighted by molar-refractivity contribution is 0.303. The molecule has 0 bridgehead atoms. The first-order valence-corrected chi connectivity index (χ1v) is 6.36. The van der Waals surface area contributed by atoms with Crippen LogP contribution in [-0.2, 0) is 5.41 Å². The van der Waals surface area contributed by atoms with Gasteiger partial charge >= 0.3 is 0 Å². The predicted octanol–water partition coefficient (Wildman–Crippen LogP) is 3.59. The number of anilines is 1. The summed E-state index contributed by atoms with van der Waals surface area (Å²) in [6.45, 7) is 6.74. The van der Waals surface area contributed by atoms with Crippen molar-refractivity contribution >= 4 is 5.69 Å². The van der Waals surface area contributed by atoms with E-state index >= 15 is 0 Å². The fourth-order valence-electron chi connectivity index (χ4n) is 1.97. The highest BCUT2D eigenvalue weighted by molar-refractivity contribution is 5.58. The minimum atomic E-state index is 0.164. The van der Waals surface area contributed by atoms with Crippen LogP contribution in [0, 0.1) is 0 Å². The van der Waals surface area contributed by atoms with Crippen LogP contribution in [0.5, 0.6) is 5.75 Å². The molecular weight excluding hydrogens is 210 g/mol. The average Bonchev–Trinajstić information content (AvgIpc) is 2.99. The van der Waals surface area contributed by atoms with E-state index in [1.54, 1.807) is 0 Å². The molecule has 94 valence electrons. The van der Waals surface area contributed by atoms with Crippen molar-refractivity contribution in [3.63, 3.8) is 0 Å². The quantitative estimate of drug-likeness (QED) is 0.791. The highest BCUT2D eigenvalue weighted by atomic mass is 16.5. The average molecular weight is 233 g/mol. The van der Waals surface area contributed by atoms with Gasteiger partial charge in [-0.1, -0.05) is 26.8 Å². The maximum atomic E-state index is 5.86. The first-order valence-electron chi connectivity index (χ1n) is 6.36. The molecule has 17 heavy (non-hydrogen) atoms. The Bertz CT molecular complexity index is 400. The largest absolute Gasteiger partial charge is 0.490 e. The molecule has 2 nitrogen and oxygen atoms in total. The van der Waals surface area contributed by atoms with E-state index in [1.807, 2.05) is 0 Å². The summed E-state index contributed by atoms with van der Waals surface area (Å²) in [5.41, 5.74) is 2.79. The molecule has 1 aliphatic rings. The molecule has 0 heterocycles. The summed E-state index contributed by atoms with van der Waals surface area (Å²) in [7, 11) is 4.18. The zero-order valence-electron chi connectivity index (χ0n) is 11.6. The van der Waals surface area contributed by atoms with Crippen LogP contribution in [0.1, 0.15) is 39.2 Å². The van der Waals surface area contributed by atoms with Crippen molar-refractivity contribution in [2.75, 3.05) is 19.0 Å². The fraction of sp³-hybridized carbons (Fsp3) is 0.600. The molecule has 0 spiro atoms. The van der Waals surface area contributed by atoms with Gasteiger partial charge in [-0.3, -0.25) is 0 Å². The molecule has 0 unspecified atom stereocenters. The van der Waals surface area contributed by atoms with E-state index in [0.29, 0.717) is 6.10 Å². The van der Waals surface area contributed by atoms with Gasteiger partial charge in [0, 0.05) is 25.8 Å². The zero-order chi connectivity index (χ0) is 12.6. The van der Waals surface area contributed by atoms with E-state index in [-0.39, 0.29) is 5.41 Å². The number of benzene rings is 1. The molecule has 2 rings (SSSR count). The highest BCUT2D eigenvalue weighted by Crippen LogP contribution is 2.35. The summed E-state index contributed by atoms with van der Waals surface area (Å²) in [4.78, 5) is 2.17. The van der Waals surface area contributed by atoms with Crippen LogP contribution in [0.3, 0.4) is 0 Å². The van der Waals surface area contributed by atoms with Gasteiger partial charge in [0.05, 0.1) is 6.10 Å². The van der Waals surface area contributed by atoms with Gasteiger partial charge in [0.25, 0.3) is 0 Å². The van der Waals surface area contributed by atoms with Crippen LogP contribution < -0.4 is 9.64 Å². The minimum Gasteiger partial charge on any atom is -0.490 e. The normalized spacial score (nSPS) is 15.8. The first kappa shape index (κ1) is 12.3. The van der Waals surface area contributed by atoms with E-state index < -0.39 is 0 Å². The van der Waals surface area contributed by atoms with Gasteiger partial charge in [-0.2, -0.15) is 0 Å². The van der Waals surface area contributed by atoms with Crippen LogP contribution in [0.25, 0.3) is 0 Å². The Kier molecular flexibility index (Phi) is 3.07. The molecule has 1 aromatic rings. The van der Waals surface area contributed by atoms with Crippen molar-refractivity contribution in [1.82, 2.24) is 0 Å².